The molecular weight excluding hydrogens is 618 g/mol. The zero-order valence-electron chi connectivity index (χ0n) is 21.3. The Morgan fingerprint density at radius 3 is 1.41 bits per heavy atom. The molecule has 0 spiro atoms. The molecule has 0 saturated carbocycles. The molecule has 212 valence electrons. The third-order valence-electron chi connectivity index (χ3n) is 5.55. The minimum absolute atomic E-state index is 0.0414. The molecule has 0 fully saturated rings. The number of aromatic nitrogens is 2. The Labute approximate surface area is 254 Å². The summed E-state index contributed by atoms with van der Waals surface area (Å²) in [5, 5.41) is 22.1. The van der Waals surface area contributed by atoms with E-state index in [9.17, 15) is 19.8 Å². The molecule has 2 unspecified atom stereocenters. The van der Waals surface area contributed by atoms with Crippen LogP contribution in [-0.2, 0) is 14.3 Å². The topological polar surface area (TPSA) is 128 Å². The quantitative estimate of drug-likeness (QED) is 0.153. The number of rotatable bonds is 8. The van der Waals surface area contributed by atoms with Gasteiger partial charge in [-0.1, -0.05) is 46.4 Å². The van der Waals surface area contributed by atoms with E-state index in [0.29, 0.717) is 32.6 Å². The van der Waals surface area contributed by atoms with Crippen LogP contribution in [0.3, 0.4) is 0 Å². The van der Waals surface area contributed by atoms with Crippen molar-refractivity contribution >= 4 is 58.3 Å². The van der Waals surface area contributed by atoms with Crippen molar-refractivity contribution in [2.75, 3.05) is 0 Å². The molecule has 2 atom stereocenters. The van der Waals surface area contributed by atoms with Crippen LogP contribution in [0.4, 0.5) is 0 Å². The molecule has 0 aliphatic heterocycles. The first-order chi connectivity index (χ1) is 19.4. The summed E-state index contributed by atoms with van der Waals surface area (Å²) in [7, 11) is 0. The average molecular weight is 638 g/mol. The third kappa shape index (κ3) is 7.31. The summed E-state index contributed by atoms with van der Waals surface area (Å²) in [5.74, 6) is -2.74. The molecule has 0 bridgehead atoms. The number of halogens is 4. The fraction of sp³-hybridized carbons (Fsp3) is 0.143. The first kappa shape index (κ1) is 30.2. The van der Waals surface area contributed by atoms with Crippen LogP contribution in [0.2, 0.25) is 20.1 Å². The van der Waals surface area contributed by atoms with Crippen molar-refractivity contribution in [2.45, 2.75) is 26.1 Å². The van der Waals surface area contributed by atoms with E-state index in [4.69, 9.17) is 60.6 Å². The van der Waals surface area contributed by atoms with Crippen LogP contribution < -0.4 is 9.47 Å². The molecule has 4 rings (SSSR count). The Morgan fingerprint density at radius 1 is 0.683 bits per heavy atom. The van der Waals surface area contributed by atoms with E-state index in [-0.39, 0.29) is 33.0 Å². The van der Waals surface area contributed by atoms with Gasteiger partial charge in [0.15, 0.2) is 35.2 Å². The minimum Gasteiger partial charge on any atom is -0.504 e. The first-order valence-corrected chi connectivity index (χ1v) is 13.3. The number of phenolic OH excluding ortho intramolecular Hbond substituents is 2. The number of carbonyl (C=O) groups is 2. The lowest BCUT2D eigenvalue weighted by Crippen LogP contribution is -2.34. The molecule has 0 radical (unpaired) electrons. The summed E-state index contributed by atoms with van der Waals surface area (Å²) >= 11 is 24.1. The van der Waals surface area contributed by atoms with Crippen molar-refractivity contribution in [1.29, 1.82) is 0 Å². The van der Waals surface area contributed by atoms with Gasteiger partial charge in [-0.2, -0.15) is 0 Å². The SMILES string of the molecule is CC(Oc1ccc(-c2ncc(Cl)cc2Cl)cc1O)C(=O)OC(=O)C(C)Oc1ccc(-c2ncc(Cl)cc2Cl)cc1O. The van der Waals surface area contributed by atoms with Crippen molar-refractivity contribution in [3.8, 4) is 45.5 Å². The summed E-state index contributed by atoms with van der Waals surface area (Å²) in [5.41, 5.74) is 1.74. The van der Waals surface area contributed by atoms with Gasteiger partial charge >= 0.3 is 11.9 Å². The van der Waals surface area contributed by atoms with Crippen molar-refractivity contribution < 1.29 is 34.0 Å². The third-order valence-corrected chi connectivity index (χ3v) is 6.54. The molecule has 2 heterocycles. The number of carbonyl (C=O) groups excluding carboxylic acids is 2. The molecule has 0 aliphatic rings. The van der Waals surface area contributed by atoms with E-state index in [1.54, 1.807) is 12.1 Å². The molecule has 0 saturated heterocycles. The summed E-state index contributed by atoms with van der Waals surface area (Å²) in [6.07, 6.45) is 0.277. The smallest absolute Gasteiger partial charge is 0.354 e. The predicted octanol–water partition coefficient (Wildman–Crippen LogP) is 7.14. The number of aromatic hydroxyl groups is 2. The maximum Gasteiger partial charge on any atom is 0.354 e. The number of pyridine rings is 2. The summed E-state index contributed by atoms with van der Waals surface area (Å²) in [6.45, 7) is 2.68. The highest BCUT2D eigenvalue weighted by atomic mass is 35.5. The van der Waals surface area contributed by atoms with Crippen LogP contribution in [0.5, 0.6) is 23.0 Å². The van der Waals surface area contributed by atoms with Crippen LogP contribution in [0.25, 0.3) is 22.5 Å². The van der Waals surface area contributed by atoms with E-state index in [1.807, 2.05) is 0 Å². The second-order valence-electron chi connectivity index (χ2n) is 8.59. The highest BCUT2D eigenvalue weighted by molar-refractivity contribution is 6.36. The van der Waals surface area contributed by atoms with Gasteiger partial charge < -0.3 is 24.4 Å². The van der Waals surface area contributed by atoms with Crippen LogP contribution in [0.15, 0.2) is 60.9 Å². The summed E-state index contributed by atoms with van der Waals surface area (Å²) in [4.78, 5) is 33.3. The Morgan fingerprint density at radius 2 is 1.07 bits per heavy atom. The zero-order valence-corrected chi connectivity index (χ0v) is 24.3. The van der Waals surface area contributed by atoms with Gasteiger partial charge in [0.05, 0.1) is 31.5 Å². The summed E-state index contributed by atoms with van der Waals surface area (Å²) < 4.78 is 15.8. The largest absolute Gasteiger partial charge is 0.504 e. The Kier molecular flexibility index (Phi) is 9.45. The monoisotopic (exact) mass is 636 g/mol. The standard InChI is InChI=1S/C28H20Cl4N2O7/c1-13(39-23-5-3-15(7-21(23)35)25-19(31)9-17(29)11-33-25)27(37)41-28(38)14(2)40-24-6-4-16(8-22(24)36)26-20(32)10-18(30)12-34-26/h3-14,35-36H,1-2H3. The van der Waals surface area contributed by atoms with Gasteiger partial charge in [0.1, 0.15) is 0 Å². The van der Waals surface area contributed by atoms with Crippen LogP contribution in [-0.4, -0.2) is 44.3 Å². The average Bonchev–Trinajstić information content (AvgIpc) is 2.91. The minimum atomic E-state index is -1.27. The van der Waals surface area contributed by atoms with Gasteiger partial charge in [0.25, 0.3) is 0 Å². The Bertz CT molecular complexity index is 1510. The van der Waals surface area contributed by atoms with Gasteiger partial charge in [-0.15, -0.1) is 0 Å². The lowest BCUT2D eigenvalue weighted by Gasteiger charge is -2.17. The Hall–Kier alpha value is -3.76. The molecule has 4 aromatic rings. The fourth-order valence-corrected chi connectivity index (χ4v) is 4.50. The molecule has 9 nitrogen and oxygen atoms in total. The lowest BCUT2D eigenvalue weighted by atomic mass is 10.1. The normalized spacial score (nSPS) is 12.3. The number of hydrogen-bond acceptors (Lipinski definition) is 9. The maximum absolute atomic E-state index is 12.5. The van der Waals surface area contributed by atoms with Gasteiger partial charge in [-0.3, -0.25) is 9.97 Å². The van der Waals surface area contributed by atoms with E-state index in [2.05, 4.69) is 9.97 Å². The number of nitrogens with zero attached hydrogens (tertiary/aromatic N) is 2. The van der Waals surface area contributed by atoms with E-state index < -0.39 is 24.1 Å². The van der Waals surface area contributed by atoms with E-state index in [1.165, 1.54) is 62.6 Å². The lowest BCUT2D eigenvalue weighted by molar-refractivity contribution is -0.168. The molecule has 13 heteroatoms. The number of benzene rings is 2. The van der Waals surface area contributed by atoms with Gasteiger partial charge in [-0.05, 0) is 62.4 Å². The first-order valence-electron chi connectivity index (χ1n) is 11.8. The molecule has 2 aromatic carbocycles. The Balaban J connectivity index is 1.36. The van der Waals surface area contributed by atoms with Gasteiger partial charge in [-0.25, -0.2) is 9.59 Å². The number of ether oxygens (including phenoxy) is 3. The van der Waals surface area contributed by atoms with Crippen molar-refractivity contribution in [1.82, 2.24) is 9.97 Å². The highest BCUT2D eigenvalue weighted by Crippen LogP contribution is 2.36. The maximum atomic E-state index is 12.5. The van der Waals surface area contributed by atoms with E-state index >= 15 is 0 Å². The van der Waals surface area contributed by atoms with Gasteiger partial charge in [0, 0.05) is 23.5 Å². The molecule has 0 amide bonds. The van der Waals surface area contributed by atoms with Crippen molar-refractivity contribution in [2.24, 2.45) is 0 Å². The number of phenols is 2. The highest BCUT2D eigenvalue weighted by Gasteiger charge is 2.26. The molecule has 41 heavy (non-hydrogen) atoms. The predicted molar refractivity (Wildman–Crippen MR) is 154 cm³/mol. The number of hydrogen-bond donors (Lipinski definition) is 2. The fourth-order valence-electron chi connectivity index (χ4n) is 3.52. The second kappa shape index (κ2) is 12.8. The van der Waals surface area contributed by atoms with Crippen molar-refractivity contribution in [3.63, 3.8) is 0 Å². The van der Waals surface area contributed by atoms with Crippen LogP contribution in [0, 0.1) is 0 Å². The van der Waals surface area contributed by atoms with Crippen molar-refractivity contribution in [3.05, 3.63) is 81.0 Å². The van der Waals surface area contributed by atoms with Crippen LogP contribution >= 0.6 is 46.4 Å². The second-order valence-corrected chi connectivity index (χ2v) is 10.3. The van der Waals surface area contributed by atoms with Crippen LogP contribution in [0.1, 0.15) is 13.8 Å². The molecule has 2 aromatic heterocycles. The zero-order chi connectivity index (χ0) is 29.8. The molecule has 2 N–H and O–H groups in total. The summed E-state index contributed by atoms with van der Waals surface area (Å²) in [6, 6.07) is 11.7. The molecular formula is C28H20Cl4N2O7. The van der Waals surface area contributed by atoms with Gasteiger partial charge in [0.2, 0.25) is 0 Å². The number of esters is 2. The molecule has 0 aliphatic carbocycles. The van der Waals surface area contributed by atoms with E-state index in [0.717, 1.165) is 0 Å².